The fraction of sp³-hybridized carbons (Fsp3) is 0.278. The molecule has 0 heterocycles. The number of benzene rings is 2. The molecule has 1 N–H and O–H groups in total. The number of rotatable bonds is 7. The molecule has 6 nitrogen and oxygen atoms in total. The van der Waals surface area contributed by atoms with Crippen molar-refractivity contribution in [3.63, 3.8) is 0 Å². The second-order valence-electron chi connectivity index (χ2n) is 5.65. The molecular formula is C18H21ClN2O4S. The number of sulfonamides is 1. The molecule has 0 aliphatic carbocycles. The number of anilines is 1. The van der Waals surface area contributed by atoms with Crippen molar-refractivity contribution in [3.8, 4) is 5.75 Å². The van der Waals surface area contributed by atoms with Crippen LogP contribution in [0.1, 0.15) is 12.5 Å². The maximum atomic E-state index is 12.8. The molecule has 0 saturated heterocycles. The quantitative estimate of drug-likeness (QED) is 0.779. The van der Waals surface area contributed by atoms with E-state index < -0.39 is 15.9 Å². The Morgan fingerprint density at radius 2 is 1.96 bits per heavy atom. The van der Waals surface area contributed by atoms with Gasteiger partial charge in [0.2, 0.25) is 15.9 Å². The first-order valence-electron chi connectivity index (χ1n) is 7.98. The first kappa shape index (κ1) is 20.2. The monoisotopic (exact) mass is 396 g/mol. The number of carbonyl (C=O) groups excluding carboxylic acids is 1. The Bertz CT molecular complexity index is 900. The van der Waals surface area contributed by atoms with E-state index in [0.717, 1.165) is 9.87 Å². The van der Waals surface area contributed by atoms with Crippen LogP contribution in [0.3, 0.4) is 0 Å². The molecule has 2 rings (SSSR count). The van der Waals surface area contributed by atoms with E-state index in [4.69, 9.17) is 16.3 Å². The van der Waals surface area contributed by atoms with E-state index in [0.29, 0.717) is 11.4 Å². The highest BCUT2D eigenvalue weighted by Gasteiger charge is 2.27. The minimum absolute atomic E-state index is 0.0132. The van der Waals surface area contributed by atoms with Crippen LogP contribution in [-0.4, -0.2) is 38.8 Å². The Hall–Kier alpha value is -2.09. The maximum absolute atomic E-state index is 12.8. The Kier molecular flexibility index (Phi) is 6.63. The molecule has 2 aromatic rings. The van der Waals surface area contributed by atoms with Gasteiger partial charge in [-0.3, -0.25) is 4.79 Å². The highest BCUT2D eigenvalue weighted by molar-refractivity contribution is 7.89. The third-order valence-corrected chi connectivity index (χ3v) is 6.14. The Labute approximate surface area is 158 Å². The van der Waals surface area contributed by atoms with Gasteiger partial charge >= 0.3 is 0 Å². The molecule has 0 aromatic heterocycles. The lowest BCUT2D eigenvalue weighted by atomic mass is 10.2. The average Bonchev–Trinajstić information content (AvgIpc) is 2.59. The van der Waals surface area contributed by atoms with Gasteiger partial charge in [0.05, 0.1) is 18.7 Å². The summed E-state index contributed by atoms with van der Waals surface area (Å²) in [6.07, 6.45) is 0. The predicted octanol–water partition coefficient (Wildman–Crippen LogP) is 3.31. The van der Waals surface area contributed by atoms with Gasteiger partial charge in [0.1, 0.15) is 10.6 Å². The second kappa shape index (κ2) is 8.53. The second-order valence-corrected chi connectivity index (χ2v) is 7.96. The molecule has 0 aliphatic rings. The molecule has 0 unspecified atom stereocenters. The van der Waals surface area contributed by atoms with Crippen molar-refractivity contribution in [1.82, 2.24) is 4.31 Å². The summed E-state index contributed by atoms with van der Waals surface area (Å²) in [7, 11) is -2.36. The molecular weight excluding hydrogens is 376 g/mol. The number of nitrogens with one attached hydrogen (secondary N) is 1. The van der Waals surface area contributed by atoms with Crippen LogP contribution < -0.4 is 10.1 Å². The summed E-state index contributed by atoms with van der Waals surface area (Å²) >= 11 is 6.09. The van der Waals surface area contributed by atoms with Gasteiger partial charge in [0, 0.05) is 18.3 Å². The Morgan fingerprint density at radius 3 is 2.58 bits per heavy atom. The average molecular weight is 397 g/mol. The predicted molar refractivity (Wildman–Crippen MR) is 102 cm³/mol. The van der Waals surface area contributed by atoms with Crippen molar-refractivity contribution in [3.05, 3.63) is 53.1 Å². The lowest BCUT2D eigenvalue weighted by Crippen LogP contribution is -2.38. The number of carbonyl (C=O) groups is 1. The van der Waals surface area contributed by atoms with Crippen LogP contribution in [0, 0.1) is 6.92 Å². The number of ether oxygens (including phenoxy) is 1. The van der Waals surface area contributed by atoms with E-state index in [1.165, 1.54) is 13.2 Å². The van der Waals surface area contributed by atoms with Gasteiger partial charge in [0.15, 0.2) is 0 Å². The zero-order valence-electron chi connectivity index (χ0n) is 14.8. The Balaban J connectivity index is 2.18. The molecule has 8 heteroatoms. The van der Waals surface area contributed by atoms with Gasteiger partial charge in [-0.15, -0.1) is 0 Å². The third kappa shape index (κ3) is 4.75. The molecule has 0 aliphatic heterocycles. The van der Waals surface area contributed by atoms with Crippen molar-refractivity contribution in [2.75, 3.05) is 25.5 Å². The van der Waals surface area contributed by atoms with Crippen molar-refractivity contribution in [2.24, 2.45) is 0 Å². The van der Waals surface area contributed by atoms with E-state index in [1.54, 1.807) is 43.3 Å². The molecule has 26 heavy (non-hydrogen) atoms. The lowest BCUT2D eigenvalue weighted by molar-refractivity contribution is -0.116. The molecule has 0 atom stereocenters. The third-order valence-electron chi connectivity index (χ3n) is 3.73. The van der Waals surface area contributed by atoms with E-state index in [-0.39, 0.29) is 23.0 Å². The molecule has 0 radical (unpaired) electrons. The zero-order valence-corrected chi connectivity index (χ0v) is 16.4. The smallest absolute Gasteiger partial charge is 0.245 e. The van der Waals surface area contributed by atoms with Crippen LogP contribution >= 0.6 is 11.6 Å². The number of hydrogen-bond acceptors (Lipinski definition) is 4. The summed E-state index contributed by atoms with van der Waals surface area (Å²) < 4.78 is 31.8. The summed E-state index contributed by atoms with van der Waals surface area (Å²) in [5, 5.41) is 2.81. The van der Waals surface area contributed by atoms with E-state index in [9.17, 15) is 13.2 Å². The first-order chi connectivity index (χ1) is 12.3. The first-order valence-corrected chi connectivity index (χ1v) is 9.80. The van der Waals surface area contributed by atoms with Crippen LogP contribution in [0.25, 0.3) is 0 Å². The number of nitrogens with zero attached hydrogens (tertiary/aromatic N) is 1. The van der Waals surface area contributed by atoms with Crippen molar-refractivity contribution >= 4 is 33.2 Å². The van der Waals surface area contributed by atoms with Gasteiger partial charge in [-0.2, -0.15) is 4.31 Å². The number of halogens is 1. The van der Waals surface area contributed by atoms with Crippen LogP contribution in [-0.2, 0) is 14.8 Å². The van der Waals surface area contributed by atoms with E-state index >= 15 is 0 Å². The zero-order chi connectivity index (χ0) is 19.3. The summed E-state index contributed by atoms with van der Waals surface area (Å²) in [5.41, 5.74) is 1.38. The topological polar surface area (TPSA) is 75.7 Å². The standard InChI is InChI=1S/C18H21ClN2O4S/c1-4-21(26(23,24)17-9-8-13(2)10-16(17)19)12-18(22)20-14-6-5-7-15(11-14)25-3/h5-11H,4,12H2,1-3H3,(H,20,22). The van der Waals surface area contributed by atoms with Crippen LogP contribution in [0.15, 0.2) is 47.4 Å². The molecule has 0 fully saturated rings. The van der Waals surface area contributed by atoms with Gasteiger partial charge in [-0.1, -0.05) is 30.7 Å². The maximum Gasteiger partial charge on any atom is 0.245 e. The van der Waals surface area contributed by atoms with E-state index in [2.05, 4.69) is 5.32 Å². The molecule has 0 spiro atoms. The van der Waals surface area contributed by atoms with Gasteiger partial charge in [0.25, 0.3) is 0 Å². The van der Waals surface area contributed by atoms with Crippen LogP contribution in [0.5, 0.6) is 5.75 Å². The number of methoxy groups -OCH3 is 1. The molecule has 0 bridgehead atoms. The number of aryl methyl sites for hydroxylation is 1. The lowest BCUT2D eigenvalue weighted by Gasteiger charge is -2.21. The summed E-state index contributed by atoms with van der Waals surface area (Å²) in [5.74, 6) is 0.140. The summed E-state index contributed by atoms with van der Waals surface area (Å²) in [6.45, 7) is 3.30. The highest BCUT2D eigenvalue weighted by Crippen LogP contribution is 2.25. The van der Waals surface area contributed by atoms with Gasteiger partial charge < -0.3 is 10.1 Å². The summed E-state index contributed by atoms with van der Waals surface area (Å²) in [4.78, 5) is 12.3. The molecule has 1 amide bonds. The van der Waals surface area contributed by atoms with Gasteiger partial charge in [-0.05, 0) is 36.8 Å². The number of likely N-dealkylation sites (N-methyl/N-ethyl adjacent to an activating group) is 1. The molecule has 0 saturated carbocycles. The Morgan fingerprint density at radius 1 is 1.23 bits per heavy atom. The van der Waals surface area contributed by atoms with Crippen molar-refractivity contribution < 1.29 is 17.9 Å². The molecule has 140 valence electrons. The van der Waals surface area contributed by atoms with Gasteiger partial charge in [-0.25, -0.2) is 8.42 Å². The minimum Gasteiger partial charge on any atom is -0.497 e. The van der Waals surface area contributed by atoms with Crippen LogP contribution in [0.2, 0.25) is 5.02 Å². The number of hydrogen-bond donors (Lipinski definition) is 1. The van der Waals surface area contributed by atoms with Crippen molar-refractivity contribution in [1.29, 1.82) is 0 Å². The fourth-order valence-corrected chi connectivity index (χ4v) is 4.36. The fourth-order valence-electron chi connectivity index (χ4n) is 2.38. The molecule has 2 aromatic carbocycles. The normalized spacial score (nSPS) is 11.4. The SMILES string of the molecule is CCN(CC(=O)Nc1cccc(OC)c1)S(=O)(=O)c1ccc(C)cc1Cl. The minimum atomic E-state index is -3.88. The number of amides is 1. The largest absolute Gasteiger partial charge is 0.497 e. The van der Waals surface area contributed by atoms with E-state index in [1.807, 2.05) is 6.92 Å². The van der Waals surface area contributed by atoms with Crippen LogP contribution in [0.4, 0.5) is 5.69 Å². The summed E-state index contributed by atoms with van der Waals surface area (Å²) in [6, 6.07) is 11.5. The van der Waals surface area contributed by atoms with Crippen molar-refractivity contribution in [2.45, 2.75) is 18.7 Å². The highest BCUT2D eigenvalue weighted by atomic mass is 35.5.